The second-order valence-corrected chi connectivity index (χ2v) is 8.37. The molecule has 32 heavy (non-hydrogen) atoms. The number of carbonyl (C=O) groups excluding carboxylic acids is 1. The van der Waals surface area contributed by atoms with Gasteiger partial charge in [-0.1, -0.05) is 43.0 Å². The topological polar surface area (TPSA) is 91.0 Å². The minimum atomic E-state index is -0.358. The van der Waals surface area contributed by atoms with Crippen LogP contribution >= 0.6 is 11.6 Å². The van der Waals surface area contributed by atoms with Gasteiger partial charge >= 0.3 is 6.03 Å². The van der Waals surface area contributed by atoms with Crippen LogP contribution in [0.15, 0.2) is 54.6 Å². The van der Waals surface area contributed by atoms with Gasteiger partial charge in [-0.3, -0.25) is 0 Å². The SMILES string of the molecule is Cc1cc(Nc2ccc(NC(=O)Nc3ccccc3Cl)cc2)nc(NC2CCCCC2)n1. The third kappa shape index (κ3) is 6.11. The van der Waals surface area contributed by atoms with Crippen LogP contribution in [0.2, 0.25) is 5.02 Å². The van der Waals surface area contributed by atoms with Crippen molar-refractivity contribution in [2.75, 3.05) is 21.3 Å². The van der Waals surface area contributed by atoms with Gasteiger partial charge in [-0.15, -0.1) is 0 Å². The summed E-state index contributed by atoms with van der Waals surface area (Å²) in [5, 5.41) is 12.8. The van der Waals surface area contributed by atoms with Crippen LogP contribution in [0.1, 0.15) is 37.8 Å². The fourth-order valence-electron chi connectivity index (χ4n) is 3.76. The first kappa shape index (κ1) is 21.9. The van der Waals surface area contributed by atoms with Crippen molar-refractivity contribution < 1.29 is 4.79 Å². The molecule has 166 valence electrons. The molecule has 1 aliphatic rings. The van der Waals surface area contributed by atoms with Gasteiger partial charge in [0.25, 0.3) is 0 Å². The van der Waals surface area contributed by atoms with Crippen LogP contribution in [0.3, 0.4) is 0 Å². The highest BCUT2D eigenvalue weighted by Crippen LogP contribution is 2.23. The molecule has 0 unspecified atom stereocenters. The Labute approximate surface area is 193 Å². The fraction of sp³-hybridized carbons (Fsp3) is 0.292. The molecule has 8 heteroatoms. The van der Waals surface area contributed by atoms with Crippen molar-refractivity contribution in [3.63, 3.8) is 0 Å². The Morgan fingerprint density at radius 3 is 2.41 bits per heavy atom. The Kier molecular flexibility index (Phi) is 7.07. The summed E-state index contributed by atoms with van der Waals surface area (Å²) in [5.74, 6) is 1.39. The summed E-state index contributed by atoms with van der Waals surface area (Å²) in [6.07, 6.45) is 6.15. The zero-order chi connectivity index (χ0) is 22.3. The quantitative estimate of drug-likeness (QED) is 0.341. The van der Waals surface area contributed by atoms with Crippen molar-refractivity contribution in [3.8, 4) is 0 Å². The predicted octanol–water partition coefficient (Wildman–Crippen LogP) is 6.57. The molecule has 1 aliphatic carbocycles. The first-order valence-electron chi connectivity index (χ1n) is 10.9. The van der Waals surface area contributed by atoms with E-state index in [1.807, 2.05) is 49.4 Å². The average Bonchev–Trinajstić information content (AvgIpc) is 2.77. The number of benzene rings is 2. The number of para-hydroxylation sites is 1. The standard InChI is InChI=1S/C24H27ClN6O/c1-16-15-22(31-23(26-16)28-17-7-3-2-4-8-17)27-18-11-13-19(14-12-18)29-24(32)30-21-10-6-5-9-20(21)25/h5-6,9-15,17H,2-4,7-8H2,1H3,(H2,29,30,32)(H2,26,27,28,31). The number of carbonyl (C=O) groups is 1. The van der Waals surface area contributed by atoms with Crippen molar-refractivity contribution >= 4 is 46.5 Å². The maximum Gasteiger partial charge on any atom is 0.323 e. The molecule has 1 saturated carbocycles. The number of aromatic nitrogens is 2. The van der Waals surface area contributed by atoms with Crippen molar-refractivity contribution in [3.05, 3.63) is 65.3 Å². The number of nitrogens with zero attached hydrogens (tertiary/aromatic N) is 2. The van der Waals surface area contributed by atoms with Gasteiger partial charge in [0, 0.05) is 29.2 Å². The first-order chi connectivity index (χ1) is 15.5. The van der Waals surface area contributed by atoms with E-state index >= 15 is 0 Å². The number of halogens is 1. The minimum absolute atomic E-state index is 0.358. The normalized spacial score (nSPS) is 13.9. The third-order valence-corrected chi connectivity index (χ3v) is 5.66. The van der Waals surface area contributed by atoms with E-state index in [-0.39, 0.29) is 6.03 Å². The summed E-state index contributed by atoms with van der Waals surface area (Å²) in [4.78, 5) is 21.4. The molecule has 0 spiro atoms. The largest absolute Gasteiger partial charge is 0.351 e. The highest BCUT2D eigenvalue weighted by Gasteiger charge is 2.14. The summed E-state index contributed by atoms with van der Waals surface area (Å²) in [7, 11) is 0. The lowest BCUT2D eigenvalue weighted by atomic mass is 9.96. The van der Waals surface area contributed by atoms with Crippen LogP contribution in [0, 0.1) is 6.92 Å². The van der Waals surface area contributed by atoms with Gasteiger partial charge in [-0.05, 0) is 56.2 Å². The van der Waals surface area contributed by atoms with Gasteiger partial charge in [0.1, 0.15) is 5.82 Å². The molecule has 0 aliphatic heterocycles. The van der Waals surface area contributed by atoms with Gasteiger partial charge in [-0.2, -0.15) is 4.98 Å². The van der Waals surface area contributed by atoms with Crippen LogP contribution in [-0.2, 0) is 0 Å². The van der Waals surface area contributed by atoms with Gasteiger partial charge in [-0.25, -0.2) is 9.78 Å². The molecule has 2 aromatic carbocycles. The fourth-order valence-corrected chi connectivity index (χ4v) is 3.94. The Bertz CT molecular complexity index is 1070. The summed E-state index contributed by atoms with van der Waals surface area (Å²) in [5.41, 5.74) is 2.99. The highest BCUT2D eigenvalue weighted by atomic mass is 35.5. The van der Waals surface area contributed by atoms with Gasteiger partial charge < -0.3 is 21.3 Å². The van der Waals surface area contributed by atoms with Gasteiger partial charge in [0.15, 0.2) is 0 Å². The lowest BCUT2D eigenvalue weighted by Crippen LogP contribution is -2.23. The number of hydrogen-bond donors (Lipinski definition) is 4. The molecule has 7 nitrogen and oxygen atoms in total. The molecule has 1 fully saturated rings. The van der Waals surface area contributed by atoms with E-state index in [0.717, 1.165) is 17.2 Å². The minimum Gasteiger partial charge on any atom is -0.351 e. The van der Waals surface area contributed by atoms with Crippen LogP contribution in [0.25, 0.3) is 0 Å². The molecule has 3 aromatic rings. The average molecular weight is 451 g/mol. The van der Waals surface area contributed by atoms with E-state index < -0.39 is 0 Å². The Morgan fingerprint density at radius 1 is 0.938 bits per heavy atom. The van der Waals surface area contributed by atoms with Crippen molar-refractivity contribution in [2.24, 2.45) is 0 Å². The second kappa shape index (κ2) is 10.3. The highest BCUT2D eigenvalue weighted by molar-refractivity contribution is 6.33. The summed E-state index contributed by atoms with van der Waals surface area (Å²) in [6.45, 7) is 1.96. The maximum atomic E-state index is 12.2. The molecule has 0 atom stereocenters. The molecule has 0 saturated heterocycles. The Hall–Kier alpha value is -3.32. The molecule has 0 bridgehead atoms. The van der Waals surface area contributed by atoms with E-state index in [4.69, 9.17) is 11.6 Å². The molecule has 4 N–H and O–H groups in total. The van der Waals surface area contributed by atoms with Crippen LogP contribution in [-0.4, -0.2) is 22.0 Å². The zero-order valence-corrected chi connectivity index (χ0v) is 18.7. The molecule has 2 amide bonds. The molecule has 1 heterocycles. The summed E-state index contributed by atoms with van der Waals surface area (Å²) in [6, 6.07) is 16.5. The number of rotatable bonds is 6. The second-order valence-electron chi connectivity index (χ2n) is 7.96. The Morgan fingerprint density at radius 2 is 1.66 bits per heavy atom. The van der Waals surface area contributed by atoms with E-state index in [1.54, 1.807) is 12.1 Å². The molecular weight excluding hydrogens is 424 g/mol. The van der Waals surface area contributed by atoms with Gasteiger partial charge in [0.2, 0.25) is 5.95 Å². The number of aryl methyl sites for hydroxylation is 1. The number of nitrogens with one attached hydrogen (secondary N) is 4. The summed E-state index contributed by atoms with van der Waals surface area (Å²) >= 11 is 6.08. The predicted molar refractivity (Wildman–Crippen MR) is 131 cm³/mol. The van der Waals surface area contributed by atoms with Crippen LogP contribution < -0.4 is 21.3 Å². The monoisotopic (exact) mass is 450 g/mol. The molecular formula is C24H27ClN6O. The van der Waals surface area contributed by atoms with E-state index in [1.165, 1.54) is 32.1 Å². The molecule has 1 aromatic heterocycles. The lowest BCUT2D eigenvalue weighted by molar-refractivity contribution is 0.262. The van der Waals surface area contributed by atoms with Crippen molar-refractivity contribution in [1.82, 2.24) is 9.97 Å². The zero-order valence-electron chi connectivity index (χ0n) is 18.0. The van der Waals surface area contributed by atoms with E-state index in [2.05, 4.69) is 31.2 Å². The number of urea groups is 1. The van der Waals surface area contributed by atoms with Crippen LogP contribution in [0.4, 0.5) is 33.6 Å². The summed E-state index contributed by atoms with van der Waals surface area (Å²) < 4.78 is 0. The number of amides is 2. The smallest absolute Gasteiger partial charge is 0.323 e. The van der Waals surface area contributed by atoms with E-state index in [9.17, 15) is 4.79 Å². The van der Waals surface area contributed by atoms with Crippen LogP contribution in [0.5, 0.6) is 0 Å². The maximum absolute atomic E-state index is 12.2. The number of hydrogen-bond acceptors (Lipinski definition) is 5. The lowest BCUT2D eigenvalue weighted by Gasteiger charge is -2.23. The number of anilines is 5. The molecule has 0 radical (unpaired) electrons. The first-order valence-corrected chi connectivity index (χ1v) is 11.2. The van der Waals surface area contributed by atoms with Crippen molar-refractivity contribution in [2.45, 2.75) is 45.1 Å². The Balaban J connectivity index is 1.36. The molecule has 4 rings (SSSR count). The third-order valence-electron chi connectivity index (χ3n) is 5.33. The van der Waals surface area contributed by atoms with Crippen molar-refractivity contribution in [1.29, 1.82) is 0 Å². The van der Waals surface area contributed by atoms with E-state index in [0.29, 0.717) is 28.4 Å². The van der Waals surface area contributed by atoms with Gasteiger partial charge in [0.05, 0.1) is 10.7 Å².